The Bertz CT molecular complexity index is 635. The number of amides is 1. The molecular weight excluding hydrogens is 488 g/mol. The fourth-order valence-corrected chi connectivity index (χ4v) is 3.47. The van der Waals surface area contributed by atoms with Crippen LogP contribution in [-0.4, -0.2) is 47.5 Å². The van der Waals surface area contributed by atoms with E-state index < -0.39 is 0 Å². The van der Waals surface area contributed by atoms with E-state index in [1.807, 2.05) is 22.6 Å². The van der Waals surface area contributed by atoms with Crippen LogP contribution in [-0.2, 0) is 18.4 Å². The molecule has 26 heavy (non-hydrogen) atoms. The van der Waals surface area contributed by atoms with E-state index in [-0.39, 0.29) is 29.9 Å². The molecule has 1 atom stereocenters. The molecule has 0 radical (unpaired) electrons. The molecule has 1 unspecified atom stereocenters. The molecule has 6 nitrogen and oxygen atoms in total. The maximum atomic E-state index is 12.3. The van der Waals surface area contributed by atoms with Crippen molar-refractivity contribution in [3.05, 3.63) is 21.9 Å². The lowest BCUT2D eigenvalue weighted by Crippen LogP contribution is -2.44. The number of hydrogen-bond acceptors (Lipinski definition) is 2. The van der Waals surface area contributed by atoms with Gasteiger partial charge in [0.2, 0.25) is 5.91 Å². The van der Waals surface area contributed by atoms with Crippen molar-refractivity contribution in [1.29, 1.82) is 0 Å². The Kier molecular flexibility index (Phi) is 10.1. The van der Waals surface area contributed by atoms with Crippen molar-refractivity contribution >= 4 is 59.0 Å². The number of nitrogens with zero attached hydrogens (tertiary/aromatic N) is 3. The van der Waals surface area contributed by atoms with Crippen molar-refractivity contribution in [2.45, 2.75) is 45.2 Å². The molecule has 148 valence electrons. The van der Waals surface area contributed by atoms with Gasteiger partial charge in [-0.2, -0.15) is 0 Å². The molecule has 2 heterocycles. The lowest BCUT2D eigenvalue weighted by molar-refractivity contribution is -0.134. The molecule has 0 aromatic carbocycles. The van der Waals surface area contributed by atoms with Gasteiger partial charge in [0.1, 0.15) is 5.15 Å². The molecule has 9 heteroatoms. The van der Waals surface area contributed by atoms with Gasteiger partial charge < -0.3 is 20.1 Å². The number of aliphatic imine (C=N–C) groups is 1. The zero-order valence-corrected chi connectivity index (χ0v) is 19.4. The molecule has 1 saturated heterocycles. The van der Waals surface area contributed by atoms with Crippen molar-refractivity contribution in [3.8, 4) is 0 Å². The van der Waals surface area contributed by atoms with Crippen molar-refractivity contribution in [2.24, 2.45) is 12.0 Å². The van der Waals surface area contributed by atoms with Gasteiger partial charge in [-0.25, -0.2) is 0 Å². The number of guanidine groups is 1. The van der Waals surface area contributed by atoms with Crippen LogP contribution in [0.5, 0.6) is 0 Å². The highest BCUT2D eigenvalue weighted by atomic mass is 127. The molecule has 0 aliphatic carbocycles. The molecule has 1 aromatic heterocycles. The van der Waals surface area contributed by atoms with Gasteiger partial charge in [-0.05, 0) is 32.3 Å². The first kappa shape index (κ1) is 23.4. The molecule has 1 aliphatic rings. The minimum Gasteiger partial charge on any atom is -0.356 e. The van der Waals surface area contributed by atoms with E-state index in [1.165, 1.54) is 6.42 Å². The Hall–Kier alpha value is -0.670. The minimum absolute atomic E-state index is 0. The number of rotatable bonds is 5. The third kappa shape index (κ3) is 6.20. The van der Waals surface area contributed by atoms with Crippen LogP contribution in [0.3, 0.4) is 0 Å². The first-order valence-corrected chi connectivity index (χ1v) is 9.43. The van der Waals surface area contributed by atoms with Crippen LogP contribution in [0.2, 0.25) is 10.2 Å². The second kappa shape index (κ2) is 11.2. The highest BCUT2D eigenvalue weighted by molar-refractivity contribution is 14.0. The highest BCUT2D eigenvalue weighted by Crippen LogP contribution is 2.24. The average Bonchev–Trinajstić information content (AvgIpc) is 2.85. The van der Waals surface area contributed by atoms with Crippen LogP contribution in [0.15, 0.2) is 11.1 Å². The zero-order chi connectivity index (χ0) is 18.4. The normalized spacial score (nSPS) is 17.7. The molecule has 2 N–H and O–H groups in total. The van der Waals surface area contributed by atoms with E-state index in [9.17, 15) is 4.79 Å². The van der Waals surface area contributed by atoms with Gasteiger partial charge in [0.05, 0.1) is 11.6 Å². The Morgan fingerprint density at radius 2 is 2.08 bits per heavy atom. The van der Waals surface area contributed by atoms with Crippen molar-refractivity contribution in [1.82, 2.24) is 20.1 Å². The van der Waals surface area contributed by atoms with E-state index in [2.05, 4.69) is 22.5 Å². The van der Waals surface area contributed by atoms with Crippen LogP contribution in [0.25, 0.3) is 0 Å². The Balaban J connectivity index is 0.00000338. The van der Waals surface area contributed by atoms with Gasteiger partial charge in [-0.15, -0.1) is 24.0 Å². The summed E-state index contributed by atoms with van der Waals surface area (Å²) in [6.45, 7) is 4.10. The maximum absolute atomic E-state index is 12.3. The topological polar surface area (TPSA) is 61.7 Å². The smallest absolute Gasteiger partial charge is 0.224 e. The summed E-state index contributed by atoms with van der Waals surface area (Å²) >= 11 is 12.1. The van der Waals surface area contributed by atoms with Crippen LogP contribution < -0.4 is 10.6 Å². The standard InChI is InChI=1S/C17H27Cl2N5O.HI/c1-12-6-4-5-9-24(12)15(25)7-8-21-17(20-2)22-11-13-10-14(18)16(19)23(13)3;/h10,12H,4-9,11H2,1-3H3,(H2,20,21,22);1H. The van der Waals surface area contributed by atoms with Gasteiger partial charge in [-0.1, -0.05) is 23.2 Å². The molecule has 0 bridgehead atoms. The molecular formula is C17H28Cl2IN5O. The van der Waals surface area contributed by atoms with E-state index in [0.29, 0.717) is 41.7 Å². The molecule has 1 aliphatic heterocycles. The summed E-state index contributed by atoms with van der Waals surface area (Å²) < 4.78 is 1.82. The Morgan fingerprint density at radius 1 is 1.35 bits per heavy atom. The number of hydrogen-bond donors (Lipinski definition) is 2. The SMILES string of the molecule is CN=C(NCCC(=O)N1CCCCC1C)NCc1cc(Cl)c(Cl)n1C.I. The van der Waals surface area contributed by atoms with Crippen LogP contribution >= 0.6 is 47.2 Å². The zero-order valence-electron chi connectivity index (χ0n) is 15.5. The number of nitrogens with one attached hydrogen (secondary N) is 2. The molecule has 1 aromatic rings. The van der Waals surface area contributed by atoms with E-state index in [1.54, 1.807) is 7.05 Å². The first-order chi connectivity index (χ1) is 11.9. The quantitative estimate of drug-likeness (QED) is 0.359. The van der Waals surface area contributed by atoms with Crippen LogP contribution in [0.4, 0.5) is 0 Å². The summed E-state index contributed by atoms with van der Waals surface area (Å²) in [6.07, 6.45) is 3.89. The summed E-state index contributed by atoms with van der Waals surface area (Å²) in [5.41, 5.74) is 0.955. The summed E-state index contributed by atoms with van der Waals surface area (Å²) in [4.78, 5) is 18.5. The van der Waals surface area contributed by atoms with Gasteiger partial charge in [0.15, 0.2) is 5.96 Å². The lowest BCUT2D eigenvalue weighted by atomic mass is 10.0. The fraction of sp³-hybridized carbons (Fsp3) is 0.647. The number of carbonyl (C=O) groups is 1. The van der Waals surface area contributed by atoms with Crippen molar-refractivity contribution in [2.75, 3.05) is 20.1 Å². The average molecular weight is 516 g/mol. The number of likely N-dealkylation sites (tertiary alicyclic amines) is 1. The van der Waals surface area contributed by atoms with Crippen molar-refractivity contribution < 1.29 is 4.79 Å². The Morgan fingerprint density at radius 3 is 2.65 bits per heavy atom. The molecule has 0 spiro atoms. The predicted octanol–water partition coefficient (Wildman–Crippen LogP) is 3.41. The first-order valence-electron chi connectivity index (χ1n) is 8.67. The summed E-state index contributed by atoms with van der Waals surface area (Å²) in [5, 5.41) is 7.44. The molecule has 1 amide bonds. The van der Waals surface area contributed by atoms with Gasteiger partial charge in [-0.3, -0.25) is 9.79 Å². The number of aromatic nitrogens is 1. The predicted molar refractivity (Wildman–Crippen MR) is 119 cm³/mol. The fourth-order valence-electron chi connectivity index (χ4n) is 3.05. The summed E-state index contributed by atoms with van der Waals surface area (Å²) in [7, 11) is 3.56. The van der Waals surface area contributed by atoms with E-state index >= 15 is 0 Å². The molecule has 0 saturated carbocycles. The van der Waals surface area contributed by atoms with Gasteiger partial charge in [0.25, 0.3) is 0 Å². The molecule has 1 fully saturated rings. The summed E-state index contributed by atoms with van der Waals surface area (Å²) in [6, 6.07) is 2.18. The maximum Gasteiger partial charge on any atom is 0.224 e. The Labute approximate surface area is 182 Å². The van der Waals surface area contributed by atoms with Crippen molar-refractivity contribution in [3.63, 3.8) is 0 Å². The van der Waals surface area contributed by atoms with E-state index in [0.717, 1.165) is 25.1 Å². The number of piperidine rings is 1. The van der Waals surface area contributed by atoms with Gasteiger partial charge >= 0.3 is 0 Å². The third-order valence-electron chi connectivity index (χ3n) is 4.63. The lowest BCUT2D eigenvalue weighted by Gasteiger charge is -2.33. The number of carbonyl (C=O) groups excluding carboxylic acids is 1. The summed E-state index contributed by atoms with van der Waals surface area (Å²) in [5.74, 6) is 0.851. The second-order valence-electron chi connectivity index (χ2n) is 6.37. The monoisotopic (exact) mass is 515 g/mol. The molecule has 2 rings (SSSR count). The highest BCUT2D eigenvalue weighted by Gasteiger charge is 2.22. The largest absolute Gasteiger partial charge is 0.356 e. The second-order valence-corrected chi connectivity index (χ2v) is 7.13. The minimum atomic E-state index is 0. The number of halogens is 3. The third-order valence-corrected chi connectivity index (χ3v) is 5.47. The van der Waals surface area contributed by atoms with E-state index in [4.69, 9.17) is 23.2 Å². The van der Waals surface area contributed by atoms with Crippen LogP contribution in [0, 0.1) is 0 Å². The van der Waals surface area contributed by atoms with Crippen LogP contribution in [0.1, 0.15) is 38.3 Å². The van der Waals surface area contributed by atoms with Gasteiger partial charge in [0, 0.05) is 45.3 Å².